The van der Waals surface area contributed by atoms with Gasteiger partial charge >= 0.3 is 6.03 Å². The van der Waals surface area contributed by atoms with Crippen LogP contribution >= 0.6 is 0 Å². The molecule has 1 saturated heterocycles. The fraction of sp³-hybridized carbons (Fsp3) is 0.667. The highest BCUT2D eigenvalue weighted by atomic mass is 16.5. The number of methoxy groups -OCH3 is 1. The van der Waals surface area contributed by atoms with Crippen molar-refractivity contribution in [3.8, 4) is 0 Å². The molecule has 2 atom stereocenters. The van der Waals surface area contributed by atoms with Crippen LogP contribution < -0.4 is 10.2 Å². The quantitative estimate of drug-likeness (QED) is 0.846. The largest absolute Gasteiger partial charge is 0.377 e. The number of amides is 2. The number of carbonyl (C=O) groups excluding carboxylic acids is 1. The lowest BCUT2D eigenvalue weighted by Gasteiger charge is -2.30. The number of nitrogens with one attached hydrogen (secondary N) is 1. The molecule has 0 aliphatic carbocycles. The number of aromatic nitrogens is 2. The Morgan fingerprint density at radius 1 is 1.43 bits per heavy atom. The van der Waals surface area contributed by atoms with E-state index in [1.165, 1.54) is 0 Å². The van der Waals surface area contributed by atoms with Crippen molar-refractivity contribution in [3.63, 3.8) is 0 Å². The minimum absolute atomic E-state index is 0.0813. The van der Waals surface area contributed by atoms with Crippen molar-refractivity contribution in [2.75, 3.05) is 45.9 Å². The van der Waals surface area contributed by atoms with Crippen molar-refractivity contribution in [1.82, 2.24) is 20.4 Å². The number of hydrogen-bond acceptors (Lipinski definition) is 6. The molecular formula is C15H23N5O3. The molecule has 1 aromatic rings. The van der Waals surface area contributed by atoms with Crippen LogP contribution in [0, 0.1) is 0 Å². The van der Waals surface area contributed by atoms with E-state index in [-0.39, 0.29) is 18.2 Å². The van der Waals surface area contributed by atoms with Gasteiger partial charge in [0.15, 0.2) is 5.82 Å². The molecule has 0 bridgehead atoms. The fourth-order valence-corrected chi connectivity index (χ4v) is 2.86. The van der Waals surface area contributed by atoms with Crippen LogP contribution in [0.15, 0.2) is 6.07 Å². The average molecular weight is 321 g/mol. The molecule has 0 unspecified atom stereocenters. The zero-order valence-corrected chi connectivity index (χ0v) is 13.8. The zero-order valence-electron chi connectivity index (χ0n) is 13.8. The molecule has 0 aromatic carbocycles. The third-order valence-corrected chi connectivity index (χ3v) is 4.31. The number of nitrogens with zero attached hydrogens (tertiary/aromatic N) is 4. The van der Waals surface area contributed by atoms with E-state index in [0.29, 0.717) is 26.3 Å². The minimum Gasteiger partial charge on any atom is -0.377 e. The van der Waals surface area contributed by atoms with Gasteiger partial charge in [0, 0.05) is 40.7 Å². The first kappa shape index (κ1) is 15.9. The Balaban J connectivity index is 1.66. The van der Waals surface area contributed by atoms with Crippen molar-refractivity contribution < 1.29 is 14.3 Å². The first-order chi connectivity index (χ1) is 11.1. The molecule has 3 heterocycles. The van der Waals surface area contributed by atoms with Crippen LogP contribution in [-0.4, -0.2) is 74.2 Å². The molecule has 1 N–H and O–H groups in total. The number of ether oxygens (including phenoxy) is 2. The highest BCUT2D eigenvalue weighted by Gasteiger charge is 2.31. The Labute approximate surface area is 135 Å². The zero-order chi connectivity index (χ0) is 16.4. The van der Waals surface area contributed by atoms with Crippen LogP contribution in [-0.2, 0) is 22.4 Å². The standard InChI is InChI=1S/C15H23N5O3/c1-19(2)14-6-10-7-20(5-4-11(10)17-18-14)15(21)16-12-8-23-9-13(12)22-3/h6,12-13H,4-5,7-9H2,1-3H3,(H,16,21)/t12-,13-/m1/s1. The summed E-state index contributed by atoms with van der Waals surface area (Å²) in [6, 6.07) is 1.82. The van der Waals surface area contributed by atoms with E-state index >= 15 is 0 Å². The van der Waals surface area contributed by atoms with E-state index in [4.69, 9.17) is 9.47 Å². The molecule has 8 heteroatoms. The SMILES string of the molecule is CO[C@@H]1COC[C@H]1NC(=O)N1CCc2nnc(N(C)C)cc2C1. The van der Waals surface area contributed by atoms with Gasteiger partial charge in [0.25, 0.3) is 0 Å². The number of hydrogen-bond donors (Lipinski definition) is 1. The van der Waals surface area contributed by atoms with Crippen molar-refractivity contribution >= 4 is 11.8 Å². The van der Waals surface area contributed by atoms with Gasteiger partial charge in [-0.05, 0) is 11.6 Å². The maximum atomic E-state index is 12.5. The maximum Gasteiger partial charge on any atom is 0.318 e. The minimum atomic E-state index is -0.0956. The van der Waals surface area contributed by atoms with Crippen molar-refractivity contribution in [2.45, 2.75) is 25.1 Å². The topological polar surface area (TPSA) is 79.8 Å². The Morgan fingerprint density at radius 2 is 2.26 bits per heavy atom. The highest BCUT2D eigenvalue weighted by molar-refractivity contribution is 5.75. The van der Waals surface area contributed by atoms with Crippen LogP contribution in [0.2, 0.25) is 0 Å². The third kappa shape index (κ3) is 3.37. The first-order valence-corrected chi connectivity index (χ1v) is 7.77. The van der Waals surface area contributed by atoms with E-state index in [9.17, 15) is 4.79 Å². The number of urea groups is 1. The predicted octanol–water partition coefficient (Wildman–Crippen LogP) is 0.0241. The maximum absolute atomic E-state index is 12.5. The molecule has 0 radical (unpaired) electrons. The van der Waals surface area contributed by atoms with Gasteiger partial charge in [0.1, 0.15) is 6.10 Å². The van der Waals surface area contributed by atoms with Gasteiger partial charge in [0.2, 0.25) is 0 Å². The molecule has 2 amide bonds. The Hall–Kier alpha value is -1.93. The van der Waals surface area contributed by atoms with Gasteiger partial charge in [-0.15, -0.1) is 5.10 Å². The molecule has 8 nitrogen and oxygen atoms in total. The van der Waals surface area contributed by atoms with E-state index in [2.05, 4.69) is 15.5 Å². The lowest BCUT2D eigenvalue weighted by Crippen LogP contribution is -2.50. The molecule has 0 spiro atoms. The molecule has 3 rings (SSSR count). The Kier molecular flexibility index (Phi) is 4.63. The van der Waals surface area contributed by atoms with Gasteiger partial charge < -0.3 is 24.6 Å². The number of carbonyl (C=O) groups is 1. The molecule has 23 heavy (non-hydrogen) atoms. The molecule has 1 aromatic heterocycles. The van der Waals surface area contributed by atoms with Crippen molar-refractivity contribution in [1.29, 1.82) is 0 Å². The summed E-state index contributed by atoms with van der Waals surface area (Å²) < 4.78 is 10.7. The molecule has 2 aliphatic heterocycles. The van der Waals surface area contributed by atoms with Gasteiger partial charge in [-0.1, -0.05) is 0 Å². The number of fused-ring (bicyclic) bond motifs is 1. The second-order valence-electron chi connectivity index (χ2n) is 6.11. The average Bonchev–Trinajstić information content (AvgIpc) is 3.00. The van der Waals surface area contributed by atoms with Crippen LogP contribution in [0.3, 0.4) is 0 Å². The molecular weight excluding hydrogens is 298 g/mol. The number of rotatable bonds is 3. The summed E-state index contributed by atoms with van der Waals surface area (Å²) in [5.41, 5.74) is 2.02. The predicted molar refractivity (Wildman–Crippen MR) is 84.4 cm³/mol. The summed E-state index contributed by atoms with van der Waals surface area (Å²) in [4.78, 5) is 16.2. The summed E-state index contributed by atoms with van der Waals surface area (Å²) in [6.45, 7) is 2.19. The van der Waals surface area contributed by atoms with Crippen LogP contribution in [0.1, 0.15) is 11.3 Å². The summed E-state index contributed by atoms with van der Waals surface area (Å²) in [5.74, 6) is 0.801. The fourth-order valence-electron chi connectivity index (χ4n) is 2.86. The van der Waals surface area contributed by atoms with Gasteiger partial charge in [0.05, 0.1) is 24.9 Å². The summed E-state index contributed by atoms with van der Waals surface area (Å²) >= 11 is 0. The molecule has 0 saturated carbocycles. The summed E-state index contributed by atoms with van der Waals surface area (Å²) in [5, 5.41) is 11.5. The number of anilines is 1. The molecule has 1 fully saturated rings. The van der Waals surface area contributed by atoms with Gasteiger partial charge in [-0.25, -0.2) is 4.79 Å². The summed E-state index contributed by atoms with van der Waals surface area (Å²) in [6.07, 6.45) is 0.639. The van der Waals surface area contributed by atoms with Crippen molar-refractivity contribution in [2.24, 2.45) is 0 Å². The van der Waals surface area contributed by atoms with Crippen molar-refractivity contribution in [3.05, 3.63) is 17.3 Å². The van der Waals surface area contributed by atoms with Crippen LogP contribution in [0.25, 0.3) is 0 Å². The second kappa shape index (κ2) is 6.67. The second-order valence-corrected chi connectivity index (χ2v) is 6.11. The van der Waals surface area contributed by atoms with E-state index in [0.717, 1.165) is 23.5 Å². The first-order valence-electron chi connectivity index (χ1n) is 7.77. The molecule has 126 valence electrons. The lowest BCUT2D eigenvalue weighted by atomic mass is 10.1. The van der Waals surface area contributed by atoms with E-state index < -0.39 is 0 Å². The van der Waals surface area contributed by atoms with Gasteiger partial charge in [-0.2, -0.15) is 5.10 Å². The Morgan fingerprint density at radius 3 is 3.00 bits per heavy atom. The van der Waals surface area contributed by atoms with Crippen LogP contribution in [0.4, 0.5) is 10.6 Å². The van der Waals surface area contributed by atoms with Crippen LogP contribution in [0.5, 0.6) is 0 Å². The normalized spacial score (nSPS) is 23.5. The highest BCUT2D eigenvalue weighted by Crippen LogP contribution is 2.20. The smallest absolute Gasteiger partial charge is 0.318 e. The lowest BCUT2D eigenvalue weighted by molar-refractivity contribution is 0.0733. The Bertz CT molecular complexity index is 580. The third-order valence-electron chi connectivity index (χ3n) is 4.31. The molecule has 2 aliphatic rings. The van der Waals surface area contributed by atoms with E-state index in [1.54, 1.807) is 12.0 Å². The van der Waals surface area contributed by atoms with E-state index in [1.807, 2.05) is 25.1 Å². The summed E-state index contributed by atoms with van der Waals surface area (Å²) in [7, 11) is 5.49. The van der Waals surface area contributed by atoms with Gasteiger partial charge in [-0.3, -0.25) is 0 Å². The monoisotopic (exact) mass is 321 g/mol.